The largest absolute Gasteiger partial charge is 0.511 e. The number of allylic oxidation sites excluding steroid dienone is 12. The number of carbonyl (C=O) groups is 1. The Morgan fingerprint density at radius 2 is 1.88 bits per heavy atom. The Kier molecular flexibility index (Phi) is 6.76. The van der Waals surface area contributed by atoms with Crippen LogP contribution in [0.25, 0.3) is 0 Å². The molecular weight excluding hydrogens is 512 g/mol. The number of hydrogen-bond donors (Lipinski definition) is 2. The van der Waals surface area contributed by atoms with E-state index in [9.17, 15) is 9.90 Å². The molecule has 0 amide bonds. The van der Waals surface area contributed by atoms with Crippen molar-refractivity contribution < 1.29 is 14.6 Å². The van der Waals surface area contributed by atoms with Gasteiger partial charge in [0.25, 0.3) is 0 Å². The standard InChI is InChI=1S/C34H36N4O3/c1-7-21-17(3)27-16-30-22(8-2)18(4)26(37-30)15-28-19(5)23(10-9-11-32(40)41-6)33(38-28)25-14-31(39)24-12-20(35-34(24)25)13-29(21)36-27/h8,12-13,15-16,19,23,38-39H,2,7,9-11,14H2,1,3-6H3. The molecule has 0 spiro atoms. The molecular formula is C34H36N4O3. The third-order valence-corrected chi connectivity index (χ3v) is 9.02. The van der Waals surface area contributed by atoms with E-state index in [1.54, 1.807) is 0 Å². The summed E-state index contributed by atoms with van der Waals surface area (Å²) in [5, 5.41) is 14.8. The molecule has 41 heavy (non-hydrogen) atoms. The second-order valence-electron chi connectivity index (χ2n) is 11.3. The van der Waals surface area contributed by atoms with Gasteiger partial charge in [0.15, 0.2) is 0 Å². The number of methoxy groups -OCH3 is 1. The monoisotopic (exact) mass is 548 g/mol. The van der Waals surface area contributed by atoms with Crippen molar-refractivity contribution in [1.29, 1.82) is 0 Å². The van der Waals surface area contributed by atoms with E-state index in [0.29, 0.717) is 25.0 Å². The van der Waals surface area contributed by atoms with E-state index in [4.69, 9.17) is 19.7 Å². The van der Waals surface area contributed by atoms with Crippen molar-refractivity contribution in [1.82, 2.24) is 5.32 Å². The lowest BCUT2D eigenvalue weighted by molar-refractivity contribution is -0.140. The predicted octanol–water partition coefficient (Wildman–Crippen LogP) is 6.80. The molecule has 0 aromatic heterocycles. The molecule has 0 radical (unpaired) electrons. The molecule has 0 aromatic rings. The Balaban J connectivity index is 1.54. The Labute approximate surface area is 241 Å². The first kappa shape index (κ1) is 26.9. The highest BCUT2D eigenvalue weighted by Gasteiger charge is 2.39. The first-order valence-corrected chi connectivity index (χ1v) is 14.4. The summed E-state index contributed by atoms with van der Waals surface area (Å²) in [4.78, 5) is 27.0. The molecule has 1 saturated heterocycles. The van der Waals surface area contributed by atoms with Crippen molar-refractivity contribution >= 4 is 23.1 Å². The van der Waals surface area contributed by atoms with Gasteiger partial charge in [0.2, 0.25) is 0 Å². The van der Waals surface area contributed by atoms with Crippen molar-refractivity contribution in [3.63, 3.8) is 0 Å². The summed E-state index contributed by atoms with van der Waals surface area (Å²) < 4.78 is 4.89. The zero-order valence-corrected chi connectivity index (χ0v) is 24.4. The number of carbonyl (C=O) groups excluding carboxylic acids is 1. The van der Waals surface area contributed by atoms with Gasteiger partial charge >= 0.3 is 5.97 Å². The van der Waals surface area contributed by atoms with Gasteiger partial charge in [0, 0.05) is 52.8 Å². The molecule has 0 saturated carbocycles. The van der Waals surface area contributed by atoms with Gasteiger partial charge < -0.3 is 15.2 Å². The van der Waals surface area contributed by atoms with E-state index in [1.165, 1.54) is 12.7 Å². The average molecular weight is 549 g/mol. The van der Waals surface area contributed by atoms with Crippen LogP contribution in [0.2, 0.25) is 0 Å². The molecule has 6 rings (SSSR count). The Morgan fingerprint density at radius 3 is 2.61 bits per heavy atom. The number of nitrogens with one attached hydrogen (secondary N) is 1. The van der Waals surface area contributed by atoms with Crippen LogP contribution in [0.1, 0.15) is 59.8 Å². The summed E-state index contributed by atoms with van der Waals surface area (Å²) in [5.41, 5.74) is 13.5. The van der Waals surface area contributed by atoms with Crippen LogP contribution < -0.4 is 5.32 Å². The highest BCUT2D eigenvalue weighted by molar-refractivity contribution is 6.20. The topological polar surface area (TPSA) is 95.6 Å². The lowest BCUT2D eigenvalue weighted by Crippen LogP contribution is -2.15. The molecule has 8 bridgehead atoms. The number of nitrogens with zero attached hydrogens (tertiary/aromatic N) is 3. The summed E-state index contributed by atoms with van der Waals surface area (Å²) in [7, 11) is 1.43. The van der Waals surface area contributed by atoms with Crippen LogP contribution >= 0.6 is 0 Å². The fraction of sp³-hybridized carbons (Fsp3) is 0.353. The summed E-state index contributed by atoms with van der Waals surface area (Å²) in [6, 6.07) is 0. The van der Waals surface area contributed by atoms with Crippen LogP contribution in [-0.4, -0.2) is 35.3 Å². The third-order valence-electron chi connectivity index (χ3n) is 9.02. The van der Waals surface area contributed by atoms with E-state index in [-0.39, 0.29) is 17.8 Å². The number of esters is 1. The normalized spacial score (nSPS) is 24.7. The zero-order chi connectivity index (χ0) is 29.0. The Hall–Kier alpha value is -4.26. The van der Waals surface area contributed by atoms with Gasteiger partial charge in [-0.05, 0) is 74.1 Å². The third kappa shape index (κ3) is 4.44. The van der Waals surface area contributed by atoms with Crippen LogP contribution in [0.15, 0.2) is 120 Å². The maximum absolute atomic E-state index is 11.9. The average Bonchev–Trinajstić information content (AvgIpc) is 3.72. The van der Waals surface area contributed by atoms with E-state index in [0.717, 1.165) is 86.3 Å². The number of aliphatic hydroxyl groups is 1. The van der Waals surface area contributed by atoms with E-state index < -0.39 is 0 Å². The lowest BCUT2D eigenvalue weighted by atomic mass is 9.86. The zero-order valence-electron chi connectivity index (χ0n) is 24.4. The minimum Gasteiger partial charge on any atom is -0.511 e. The van der Waals surface area contributed by atoms with Crippen molar-refractivity contribution in [2.45, 2.75) is 59.8 Å². The van der Waals surface area contributed by atoms with E-state index >= 15 is 0 Å². The molecule has 5 heterocycles. The number of rotatable bonds is 6. The number of aliphatic imine (C=N–C) groups is 3. The highest BCUT2D eigenvalue weighted by Crippen LogP contribution is 2.44. The molecule has 7 nitrogen and oxygen atoms in total. The number of hydrogen-bond acceptors (Lipinski definition) is 7. The second kappa shape index (κ2) is 10.3. The highest BCUT2D eigenvalue weighted by atomic mass is 16.5. The molecule has 2 unspecified atom stereocenters. The minimum atomic E-state index is -0.200. The predicted molar refractivity (Wildman–Crippen MR) is 163 cm³/mol. The van der Waals surface area contributed by atoms with Gasteiger partial charge in [0.05, 0.1) is 41.3 Å². The van der Waals surface area contributed by atoms with Crippen LogP contribution in [0.5, 0.6) is 0 Å². The molecule has 2 N–H and O–H groups in total. The molecule has 210 valence electrons. The van der Waals surface area contributed by atoms with Gasteiger partial charge in [-0.15, -0.1) is 0 Å². The van der Waals surface area contributed by atoms with Gasteiger partial charge in [0.1, 0.15) is 5.76 Å². The van der Waals surface area contributed by atoms with E-state index in [2.05, 4.69) is 51.7 Å². The van der Waals surface area contributed by atoms with Gasteiger partial charge in [-0.25, -0.2) is 15.0 Å². The Morgan fingerprint density at radius 1 is 1.12 bits per heavy atom. The van der Waals surface area contributed by atoms with Crippen LogP contribution in [0.4, 0.5) is 0 Å². The molecule has 0 aromatic carbocycles. The number of aliphatic hydroxyl groups excluding tert-OH is 1. The van der Waals surface area contributed by atoms with Crippen molar-refractivity contribution in [3.8, 4) is 0 Å². The molecule has 1 fully saturated rings. The lowest BCUT2D eigenvalue weighted by Gasteiger charge is -2.17. The number of fused-ring (bicyclic) bond motifs is 5. The molecule has 5 aliphatic heterocycles. The fourth-order valence-corrected chi connectivity index (χ4v) is 6.65. The maximum atomic E-state index is 11.9. The summed E-state index contributed by atoms with van der Waals surface area (Å²) in [6.45, 7) is 12.6. The van der Waals surface area contributed by atoms with E-state index in [1.807, 2.05) is 18.2 Å². The van der Waals surface area contributed by atoms with Gasteiger partial charge in [-0.3, -0.25) is 4.79 Å². The van der Waals surface area contributed by atoms with Crippen LogP contribution in [0, 0.1) is 11.8 Å². The second-order valence-corrected chi connectivity index (χ2v) is 11.3. The van der Waals surface area contributed by atoms with Crippen LogP contribution in [0.3, 0.4) is 0 Å². The van der Waals surface area contributed by atoms with Crippen molar-refractivity contribution in [2.24, 2.45) is 26.8 Å². The van der Waals surface area contributed by atoms with Crippen molar-refractivity contribution in [2.75, 3.05) is 7.11 Å². The SMILES string of the molecule is C=CC1=C(C)C2=NC1=CC1=NC(=CC3=CC4=C(O)CC(=C5NC(=C2)C(C)C5CCCC(=O)OC)C4=N3)C(CC)=C1C. The smallest absolute Gasteiger partial charge is 0.305 e. The minimum absolute atomic E-state index is 0.132. The number of ether oxygens (including phenoxy) is 1. The molecule has 7 heteroatoms. The van der Waals surface area contributed by atoms with Crippen LogP contribution in [-0.2, 0) is 9.53 Å². The fourth-order valence-electron chi connectivity index (χ4n) is 6.65. The van der Waals surface area contributed by atoms with Gasteiger partial charge in [-0.2, -0.15) is 0 Å². The summed E-state index contributed by atoms with van der Waals surface area (Å²) in [6.07, 6.45) is 13.2. The maximum Gasteiger partial charge on any atom is 0.305 e. The summed E-state index contributed by atoms with van der Waals surface area (Å²) in [5.74, 6) is 0.422. The first-order chi connectivity index (χ1) is 19.7. The van der Waals surface area contributed by atoms with Gasteiger partial charge in [-0.1, -0.05) is 26.5 Å². The molecule has 1 aliphatic carbocycles. The molecule has 2 atom stereocenters. The quantitative estimate of drug-likeness (QED) is 0.357. The van der Waals surface area contributed by atoms with Crippen molar-refractivity contribution in [3.05, 3.63) is 105 Å². The molecule has 6 aliphatic rings. The first-order valence-electron chi connectivity index (χ1n) is 14.4. The Bertz CT molecular complexity index is 1650. The summed E-state index contributed by atoms with van der Waals surface area (Å²) >= 11 is 0.